The summed E-state index contributed by atoms with van der Waals surface area (Å²) in [6.45, 7) is 13.0. The highest BCUT2D eigenvalue weighted by atomic mass is 32.2. The van der Waals surface area contributed by atoms with E-state index in [1.165, 1.54) is 44.5 Å². The lowest BCUT2D eigenvalue weighted by atomic mass is 9.69. The van der Waals surface area contributed by atoms with Crippen LogP contribution < -0.4 is 5.32 Å². The summed E-state index contributed by atoms with van der Waals surface area (Å²) in [5.74, 6) is 2.88. The summed E-state index contributed by atoms with van der Waals surface area (Å²) >= 11 is 1.96. The minimum absolute atomic E-state index is 0.494. The van der Waals surface area contributed by atoms with Gasteiger partial charge in [0.1, 0.15) is 0 Å². The van der Waals surface area contributed by atoms with Crippen LogP contribution in [-0.2, 0) is 0 Å². The summed E-state index contributed by atoms with van der Waals surface area (Å²) in [7, 11) is 2.32. The fraction of sp³-hybridized carbons (Fsp3) is 1.00. The molecule has 21 heavy (non-hydrogen) atoms. The first-order chi connectivity index (χ1) is 9.88. The SMILES string of the molecule is CSCC(C)N(C)CC1(CNCC(C)C)CCCC(C)C1. The van der Waals surface area contributed by atoms with Gasteiger partial charge in [0.15, 0.2) is 0 Å². The smallest absolute Gasteiger partial charge is 0.0155 e. The van der Waals surface area contributed by atoms with Crippen LogP contribution >= 0.6 is 11.8 Å². The average Bonchev–Trinajstić information content (AvgIpc) is 2.38. The second-order valence-electron chi connectivity index (χ2n) is 7.95. The summed E-state index contributed by atoms with van der Waals surface area (Å²) in [5, 5.41) is 3.76. The van der Waals surface area contributed by atoms with Crippen LogP contribution in [0.15, 0.2) is 0 Å². The van der Waals surface area contributed by atoms with Crippen LogP contribution in [0.5, 0.6) is 0 Å². The Labute approximate surface area is 137 Å². The number of thioether (sulfide) groups is 1. The number of hydrogen-bond donors (Lipinski definition) is 1. The van der Waals surface area contributed by atoms with Crippen LogP contribution in [0.3, 0.4) is 0 Å². The van der Waals surface area contributed by atoms with Crippen molar-refractivity contribution < 1.29 is 0 Å². The molecule has 0 spiro atoms. The van der Waals surface area contributed by atoms with E-state index >= 15 is 0 Å². The molecule has 0 saturated heterocycles. The highest BCUT2D eigenvalue weighted by Gasteiger charge is 2.36. The molecule has 3 unspecified atom stereocenters. The minimum atomic E-state index is 0.494. The van der Waals surface area contributed by atoms with E-state index in [9.17, 15) is 0 Å². The van der Waals surface area contributed by atoms with Gasteiger partial charge in [-0.25, -0.2) is 0 Å². The molecule has 1 rings (SSSR count). The first-order valence-electron chi connectivity index (χ1n) is 8.78. The molecule has 3 atom stereocenters. The Morgan fingerprint density at radius 1 is 1.33 bits per heavy atom. The van der Waals surface area contributed by atoms with E-state index < -0.39 is 0 Å². The molecule has 1 fully saturated rings. The van der Waals surface area contributed by atoms with Crippen LogP contribution in [-0.4, -0.2) is 49.6 Å². The first-order valence-corrected chi connectivity index (χ1v) is 10.2. The Bertz CT molecular complexity index is 282. The molecular formula is C18H38N2S. The van der Waals surface area contributed by atoms with E-state index in [-0.39, 0.29) is 0 Å². The van der Waals surface area contributed by atoms with Crippen LogP contribution in [0.1, 0.15) is 53.4 Å². The molecule has 126 valence electrons. The molecule has 1 aliphatic carbocycles. The van der Waals surface area contributed by atoms with Crippen molar-refractivity contribution in [3.8, 4) is 0 Å². The third-order valence-corrected chi connectivity index (χ3v) is 5.80. The second-order valence-corrected chi connectivity index (χ2v) is 8.86. The van der Waals surface area contributed by atoms with Crippen LogP contribution in [0.2, 0.25) is 0 Å². The van der Waals surface area contributed by atoms with Gasteiger partial charge in [-0.05, 0) is 56.9 Å². The lowest BCUT2D eigenvalue weighted by Gasteiger charge is -2.44. The summed E-state index contributed by atoms with van der Waals surface area (Å²) < 4.78 is 0. The monoisotopic (exact) mass is 314 g/mol. The van der Waals surface area contributed by atoms with E-state index in [2.05, 4.69) is 51.2 Å². The van der Waals surface area contributed by atoms with Crippen molar-refractivity contribution in [2.45, 2.75) is 59.4 Å². The van der Waals surface area contributed by atoms with Crippen LogP contribution in [0, 0.1) is 17.3 Å². The van der Waals surface area contributed by atoms with E-state index in [0.717, 1.165) is 18.4 Å². The minimum Gasteiger partial charge on any atom is -0.316 e. The maximum Gasteiger partial charge on any atom is 0.0155 e. The number of hydrogen-bond acceptors (Lipinski definition) is 3. The van der Waals surface area contributed by atoms with Crippen molar-refractivity contribution in [3.63, 3.8) is 0 Å². The Kier molecular flexibility index (Phi) is 8.66. The summed E-state index contributed by atoms with van der Waals surface area (Å²) in [4.78, 5) is 2.60. The van der Waals surface area contributed by atoms with E-state index in [1.807, 2.05) is 11.8 Å². The zero-order chi connectivity index (χ0) is 15.9. The highest BCUT2D eigenvalue weighted by molar-refractivity contribution is 7.98. The molecule has 0 aliphatic heterocycles. The Hall–Kier alpha value is 0.270. The lowest BCUT2D eigenvalue weighted by Crippen LogP contribution is -2.48. The van der Waals surface area contributed by atoms with Gasteiger partial charge in [-0.1, -0.05) is 33.6 Å². The topological polar surface area (TPSA) is 15.3 Å². The second kappa shape index (κ2) is 9.42. The fourth-order valence-electron chi connectivity index (χ4n) is 3.81. The highest BCUT2D eigenvalue weighted by Crippen LogP contribution is 2.39. The van der Waals surface area contributed by atoms with Crippen molar-refractivity contribution >= 4 is 11.8 Å². The predicted octanol–water partition coefficient (Wildman–Crippen LogP) is 4.11. The molecule has 1 saturated carbocycles. The van der Waals surface area contributed by atoms with E-state index in [4.69, 9.17) is 0 Å². The predicted molar refractivity (Wildman–Crippen MR) is 98.2 cm³/mol. The van der Waals surface area contributed by atoms with Gasteiger partial charge in [-0.15, -0.1) is 0 Å². The van der Waals surface area contributed by atoms with Crippen molar-refractivity contribution in [2.24, 2.45) is 17.3 Å². The molecule has 0 heterocycles. The van der Waals surface area contributed by atoms with E-state index in [1.54, 1.807) is 0 Å². The van der Waals surface area contributed by atoms with Gasteiger partial charge in [-0.2, -0.15) is 11.8 Å². The molecule has 0 amide bonds. The molecule has 0 aromatic carbocycles. The van der Waals surface area contributed by atoms with Gasteiger partial charge in [0.25, 0.3) is 0 Å². The molecular weight excluding hydrogens is 276 g/mol. The van der Waals surface area contributed by atoms with Crippen molar-refractivity contribution in [1.82, 2.24) is 10.2 Å². The van der Waals surface area contributed by atoms with Gasteiger partial charge in [0, 0.05) is 24.9 Å². The average molecular weight is 315 g/mol. The third-order valence-electron chi connectivity index (χ3n) is 4.98. The lowest BCUT2D eigenvalue weighted by molar-refractivity contribution is 0.0795. The first kappa shape index (κ1) is 19.3. The molecule has 1 aliphatic rings. The zero-order valence-electron chi connectivity index (χ0n) is 15.2. The van der Waals surface area contributed by atoms with Gasteiger partial charge < -0.3 is 10.2 Å². The van der Waals surface area contributed by atoms with Gasteiger partial charge in [0.05, 0.1) is 0 Å². The quantitative estimate of drug-likeness (QED) is 0.689. The summed E-state index contributed by atoms with van der Waals surface area (Å²) in [6, 6.07) is 0.680. The largest absolute Gasteiger partial charge is 0.316 e. The summed E-state index contributed by atoms with van der Waals surface area (Å²) in [5.41, 5.74) is 0.494. The zero-order valence-corrected chi connectivity index (χ0v) is 16.1. The van der Waals surface area contributed by atoms with E-state index in [0.29, 0.717) is 11.5 Å². The van der Waals surface area contributed by atoms with Crippen molar-refractivity contribution in [1.29, 1.82) is 0 Å². The van der Waals surface area contributed by atoms with Crippen molar-refractivity contribution in [3.05, 3.63) is 0 Å². The number of nitrogens with zero attached hydrogens (tertiary/aromatic N) is 1. The van der Waals surface area contributed by atoms with Gasteiger partial charge in [-0.3, -0.25) is 0 Å². The standard InChI is InChI=1S/C18H38N2S/c1-15(2)11-19-13-18(9-7-8-16(3)10-18)14-20(5)17(4)12-21-6/h15-17,19H,7-14H2,1-6H3. The molecule has 0 radical (unpaired) electrons. The van der Waals surface area contributed by atoms with Gasteiger partial charge in [0.2, 0.25) is 0 Å². The Morgan fingerprint density at radius 2 is 2.05 bits per heavy atom. The maximum atomic E-state index is 3.76. The summed E-state index contributed by atoms with van der Waals surface area (Å²) in [6.07, 6.45) is 7.85. The third kappa shape index (κ3) is 6.92. The van der Waals surface area contributed by atoms with Gasteiger partial charge >= 0.3 is 0 Å². The fourth-order valence-corrected chi connectivity index (χ4v) is 4.55. The molecule has 1 N–H and O–H groups in total. The number of nitrogens with one attached hydrogen (secondary N) is 1. The molecule has 0 aromatic rings. The molecule has 0 aromatic heterocycles. The normalized spacial score (nSPS) is 28.3. The molecule has 2 nitrogen and oxygen atoms in total. The Morgan fingerprint density at radius 3 is 2.62 bits per heavy atom. The molecule has 0 bridgehead atoms. The van der Waals surface area contributed by atoms with Crippen LogP contribution in [0.25, 0.3) is 0 Å². The van der Waals surface area contributed by atoms with Crippen LogP contribution in [0.4, 0.5) is 0 Å². The van der Waals surface area contributed by atoms with Crippen molar-refractivity contribution in [2.75, 3.05) is 38.7 Å². The maximum absolute atomic E-state index is 3.76. The Balaban J connectivity index is 2.62. The molecule has 3 heteroatoms. The number of rotatable bonds is 9.